The lowest BCUT2D eigenvalue weighted by Crippen LogP contribution is -2.11. The van der Waals surface area contributed by atoms with Crippen molar-refractivity contribution in [3.05, 3.63) is 59.5 Å². The largest absolute Gasteiger partial charge is 0.321 e. The van der Waals surface area contributed by atoms with E-state index in [1.165, 1.54) is 11.3 Å². The van der Waals surface area contributed by atoms with Crippen molar-refractivity contribution in [2.24, 2.45) is 0 Å². The Morgan fingerprint density at radius 1 is 1.19 bits per heavy atom. The molecule has 0 atom stereocenters. The Hall–Kier alpha value is -2.60. The highest BCUT2D eigenvalue weighted by molar-refractivity contribution is 7.17. The van der Waals surface area contributed by atoms with E-state index in [2.05, 4.69) is 20.3 Å². The molecule has 1 N–H and O–H groups in total. The molecule has 0 unspecified atom stereocenters. The fourth-order valence-corrected chi connectivity index (χ4v) is 2.76. The summed E-state index contributed by atoms with van der Waals surface area (Å²) in [5.74, 6) is -0.161. The molecule has 0 saturated heterocycles. The number of carbonyl (C=O) groups is 1. The topological polar surface area (TPSA) is 67.8 Å². The van der Waals surface area contributed by atoms with Crippen LogP contribution in [0.2, 0.25) is 0 Å². The minimum Gasteiger partial charge on any atom is -0.321 e. The first-order chi connectivity index (χ1) is 10.2. The van der Waals surface area contributed by atoms with E-state index in [-0.39, 0.29) is 5.91 Å². The molecule has 21 heavy (non-hydrogen) atoms. The fraction of sp³-hybridized carbons (Fsp3) is 0.0667. The second kappa shape index (κ2) is 5.80. The van der Waals surface area contributed by atoms with Crippen LogP contribution in [0.1, 0.15) is 15.4 Å². The Kier molecular flexibility index (Phi) is 3.70. The predicted molar refractivity (Wildman–Crippen MR) is 82.3 cm³/mol. The third-order valence-electron chi connectivity index (χ3n) is 2.82. The first-order valence-corrected chi connectivity index (χ1v) is 7.16. The van der Waals surface area contributed by atoms with Gasteiger partial charge in [0.15, 0.2) is 0 Å². The highest BCUT2D eigenvalue weighted by atomic mass is 32.1. The molecule has 0 radical (unpaired) electrons. The average molecular weight is 296 g/mol. The van der Waals surface area contributed by atoms with Crippen LogP contribution >= 0.6 is 11.3 Å². The number of anilines is 1. The number of aromatic nitrogens is 3. The number of hydrogen-bond donors (Lipinski definition) is 1. The standard InChI is InChI=1S/C15H12N4OS/c1-10-13(14(20)19-11-5-3-2-4-6-11)21-15(18-10)12-9-16-7-8-17-12/h2-9H,1H3,(H,19,20). The van der Waals surface area contributed by atoms with E-state index in [4.69, 9.17) is 0 Å². The van der Waals surface area contributed by atoms with Gasteiger partial charge in [0, 0.05) is 18.1 Å². The molecule has 1 aromatic carbocycles. The van der Waals surface area contributed by atoms with Crippen molar-refractivity contribution >= 4 is 22.9 Å². The summed E-state index contributed by atoms with van der Waals surface area (Å²) in [6, 6.07) is 9.34. The number of carbonyl (C=O) groups excluding carboxylic acids is 1. The van der Waals surface area contributed by atoms with Crippen LogP contribution < -0.4 is 5.32 Å². The molecule has 6 heteroatoms. The summed E-state index contributed by atoms with van der Waals surface area (Å²) in [6.45, 7) is 1.82. The minimum atomic E-state index is -0.161. The summed E-state index contributed by atoms with van der Waals surface area (Å²) < 4.78 is 0. The van der Waals surface area contributed by atoms with Crippen molar-refractivity contribution in [1.82, 2.24) is 15.0 Å². The monoisotopic (exact) mass is 296 g/mol. The van der Waals surface area contributed by atoms with Gasteiger partial charge < -0.3 is 5.32 Å². The van der Waals surface area contributed by atoms with Crippen molar-refractivity contribution in [2.75, 3.05) is 5.32 Å². The van der Waals surface area contributed by atoms with Gasteiger partial charge in [-0.05, 0) is 19.1 Å². The summed E-state index contributed by atoms with van der Waals surface area (Å²) >= 11 is 1.31. The third-order valence-corrected chi connectivity index (χ3v) is 4.00. The summed E-state index contributed by atoms with van der Waals surface area (Å²) in [7, 11) is 0. The molecule has 1 amide bonds. The molecule has 2 aromatic heterocycles. The maximum absolute atomic E-state index is 12.3. The van der Waals surface area contributed by atoms with Gasteiger partial charge in [0.05, 0.1) is 11.9 Å². The number of nitrogens with one attached hydrogen (secondary N) is 1. The van der Waals surface area contributed by atoms with E-state index in [0.29, 0.717) is 21.3 Å². The van der Waals surface area contributed by atoms with E-state index < -0.39 is 0 Å². The van der Waals surface area contributed by atoms with Crippen molar-refractivity contribution < 1.29 is 4.79 Å². The lowest BCUT2D eigenvalue weighted by Gasteiger charge is -2.02. The van der Waals surface area contributed by atoms with E-state index >= 15 is 0 Å². The fourth-order valence-electron chi connectivity index (χ4n) is 1.84. The van der Waals surface area contributed by atoms with Gasteiger partial charge in [-0.15, -0.1) is 11.3 Å². The zero-order valence-corrected chi connectivity index (χ0v) is 12.1. The zero-order chi connectivity index (χ0) is 14.7. The van der Waals surface area contributed by atoms with Crippen LogP contribution in [-0.4, -0.2) is 20.9 Å². The van der Waals surface area contributed by atoms with Crippen molar-refractivity contribution in [2.45, 2.75) is 6.92 Å². The number of thiazole rings is 1. The SMILES string of the molecule is Cc1nc(-c2cnccn2)sc1C(=O)Nc1ccccc1. The maximum Gasteiger partial charge on any atom is 0.267 e. The van der Waals surface area contributed by atoms with Gasteiger partial charge in [0.2, 0.25) is 0 Å². The first kappa shape index (κ1) is 13.4. The van der Waals surface area contributed by atoms with Crippen molar-refractivity contribution in [3.8, 4) is 10.7 Å². The van der Waals surface area contributed by atoms with Gasteiger partial charge in [-0.3, -0.25) is 14.8 Å². The van der Waals surface area contributed by atoms with E-state index in [9.17, 15) is 4.79 Å². The summed E-state index contributed by atoms with van der Waals surface area (Å²) in [6.07, 6.45) is 4.85. The predicted octanol–water partition coefficient (Wildman–Crippen LogP) is 3.16. The molecular weight excluding hydrogens is 284 g/mol. The number of nitrogens with zero attached hydrogens (tertiary/aromatic N) is 3. The second-order valence-electron chi connectivity index (χ2n) is 4.34. The molecule has 5 nitrogen and oxygen atoms in total. The van der Waals surface area contributed by atoms with Gasteiger partial charge in [-0.2, -0.15) is 0 Å². The van der Waals surface area contributed by atoms with Gasteiger partial charge in [-0.25, -0.2) is 4.98 Å². The molecule has 0 spiro atoms. The van der Waals surface area contributed by atoms with Crippen LogP contribution in [0.25, 0.3) is 10.7 Å². The van der Waals surface area contributed by atoms with Gasteiger partial charge in [0.1, 0.15) is 15.6 Å². The summed E-state index contributed by atoms with van der Waals surface area (Å²) in [5.41, 5.74) is 2.12. The van der Waals surface area contributed by atoms with Crippen molar-refractivity contribution in [1.29, 1.82) is 0 Å². The molecule has 0 fully saturated rings. The molecule has 0 saturated carbocycles. The molecule has 3 rings (SSSR count). The molecule has 0 aliphatic rings. The summed E-state index contributed by atoms with van der Waals surface area (Å²) in [5, 5.41) is 3.55. The third kappa shape index (κ3) is 2.95. The molecule has 2 heterocycles. The number of aryl methyl sites for hydroxylation is 1. The maximum atomic E-state index is 12.3. The Labute approximate surface area is 125 Å². The number of rotatable bonds is 3. The number of para-hydroxylation sites is 1. The van der Waals surface area contributed by atoms with E-state index in [0.717, 1.165) is 5.69 Å². The number of hydrogen-bond acceptors (Lipinski definition) is 5. The van der Waals surface area contributed by atoms with Crippen molar-refractivity contribution in [3.63, 3.8) is 0 Å². The van der Waals surface area contributed by atoms with Gasteiger partial charge in [-0.1, -0.05) is 18.2 Å². The quantitative estimate of drug-likeness (QED) is 0.806. The van der Waals surface area contributed by atoms with Gasteiger partial charge >= 0.3 is 0 Å². The second-order valence-corrected chi connectivity index (χ2v) is 5.34. The van der Waals surface area contributed by atoms with Crippen LogP contribution in [-0.2, 0) is 0 Å². The van der Waals surface area contributed by atoms with Crippen LogP contribution in [0.15, 0.2) is 48.9 Å². The highest BCUT2D eigenvalue weighted by Crippen LogP contribution is 2.26. The van der Waals surface area contributed by atoms with Crippen LogP contribution in [0.5, 0.6) is 0 Å². The number of amides is 1. The first-order valence-electron chi connectivity index (χ1n) is 6.34. The molecular formula is C15H12N4OS. The smallest absolute Gasteiger partial charge is 0.267 e. The molecule has 0 aliphatic carbocycles. The van der Waals surface area contributed by atoms with E-state index in [1.54, 1.807) is 18.6 Å². The highest BCUT2D eigenvalue weighted by Gasteiger charge is 2.16. The Morgan fingerprint density at radius 3 is 2.71 bits per heavy atom. The average Bonchev–Trinajstić information content (AvgIpc) is 2.91. The van der Waals surface area contributed by atoms with Gasteiger partial charge in [0.25, 0.3) is 5.91 Å². The molecule has 3 aromatic rings. The number of benzene rings is 1. The van der Waals surface area contributed by atoms with Crippen LogP contribution in [0, 0.1) is 6.92 Å². The summed E-state index contributed by atoms with van der Waals surface area (Å²) in [4.78, 5) is 25.5. The Bertz CT molecular complexity index is 756. The van der Waals surface area contributed by atoms with E-state index in [1.807, 2.05) is 37.3 Å². The van der Waals surface area contributed by atoms with Crippen LogP contribution in [0.4, 0.5) is 5.69 Å². The lowest BCUT2D eigenvalue weighted by atomic mass is 10.3. The minimum absolute atomic E-state index is 0.161. The Balaban J connectivity index is 1.86. The molecule has 0 bridgehead atoms. The van der Waals surface area contributed by atoms with Crippen LogP contribution in [0.3, 0.4) is 0 Å². The zero-order valence-electron chi connectivity index (χ0n) is 11.3. The molecule has 104 valence electrons. The Morgan fingerprint density at radius 2 is 2.00 bits per heavy atom. The molecule has 0 aliphatic heterocycles. The lowest BCUT2D eigenvalue weighted by molar-refractivity contribution is 0.103. The normalized spacial score (nSPS) is 10.3.